The molecule has 0 bridgehead atoms. The Morgan fingerprint density at radius 2 is 1.52 bits per heavy atom. The molecule has 1 aliphatic rings. The second kappa shape index (κ2) is 7.53. The number of rotatable bonds is 3. The van der Waals surface area contributed by atoms with E-state index in [1.54, 1.807) is 18.2 Å². The van der Waals surface area contributed by atoms with Crippen molar-refractivity contribution in [3.63, 3.8) is 0 Å². The van der Waals surface area contributed by atoms with Crippen molar-refractivity contribution in [1.29, 1.82) is 0 Å². The largest absolute Gasteiger partial charge is 0.336 e. The minimum atomic E-state index is -3.71. The molecule has 150 valence electrons. The Kier molecular flexibility index (Phi) is 5.06. The third kappa shape index (κ3) is 3.73. The highest BCUT2D eigenvalue weighted by molar-refractivity contribution is 7.89. The van der Waals surface area contributed by atoms with E-state index in [4.69, 9.17) is 0 Å². The Balaban J connectivity index is 1.50. The van der Waals surface area contributed by atoms with Gasteiger partial charge in [0.05, 0.1) is 10.5 Å². The average Bonchev–Trinajstić information content (AvgIpc) is 2.73. The number of halogens is 2. The third-order valence-electron chi connectivity index (χ3n) is 5.05. The molecule has 1 amide bonds. The van der Waals surface area contributed by atoms with Crippen LogP contribution in [0.5, 0.6) is 0 Å². The summed E-state index contributed by atoms with van der Waals surface area (Å²) >= 11 is 0. The first-order chi connectivity index (χ1) is 13.9. The molecule has 0 unspecified atom stereocenters. The first kappa shape index (κ1) is 19.5. The molecule has 0 aromatic heterocycles. The highest BCUT2D eigenvalue weighted by Gasteiger charge is 2.31. The predicted molar refractivity (Wildman–Crippen MR) is 105 cm³/mol. The lowest BCUT2D eigenvalue weighted by molar-refractivity contribution is 0.0693. The Bertz CT molecular complexity index is 1190. The smallest absolute Gasteiger partial charge is 0.256 e. The first-order valence-electron chi connectivity index (χ1n) is 9.09. The summed E-state index contributed by atoms with van der Waals surface area (Å²) in [5.74, 6) is -2.27. The first-order valence-corrected chi connectivity index (χ1v) is 10.5. The van der Waals surface area contributed by atoms with E-state index in [9.17, 15) is 22.0 Å². The zero-order valence-corrected chi connectivity index (χ0v) is 16.2. The number of amides is 1. The Morgan fingerprint density at radius 1 is 0.828 bits per heavy atom. The normalized spacial score (nSPS) is 15.6. The van der Waals surface area contributed by atoms with E-state index in [1.807, 2.05) is 24.3 Å². The van der Waals surface area contributed by atoms with Gasteiger partial charge in [0.1, 0.15) is 11.6 Å². The SMILES string of the molecule is O=C(c1ccc(F)cc1F)N1CCN(S(=O)(=O)c2ccc3ccccc3c2)CC1. The highest BCUT2D eigenvalue weighted by Crippen LogP contribution is 2.23. The van der Waals surface area contributed by atoms with Gasteiger partial charge >= 0.3 is 0 Å². The molecular weight excluding hydrogens is 398 g/mol. The summed E-state index contributed by atoms with van der Waals surface area (Å²) in [5.41, 5.74) is -0.225. The van der Waals surface area contributed by atoms with Crippen molar-refractivity contribution in [1.82, 2.24) is 9.21 Å². The van der Waals surface area contributed by atoms with E-state index in [0.29, 0.717) is 6.07 Å². The van der Waals surface area contributed by atoms with Crippen molar-refractivity contribution in [2.75, 3.05) is 26.2 Å². The van der Waals surface area contributed by atoms with Crippen LogP contribution in [0.1, 0.15) is 10.4 Å². The lowest BCUT2D eigenvalue weighted by Crippen LogP contribution is -2.50. The van der Waals surface area contributed by atoms with Crippen LogP contribution < -0.4 is 0 Å². The third-order valence-corrected chi connectivity index (χ3v) is 6.94. The molecular formula is C21H18F2N2O3S. The molecule has 29 heavy (non-hydrogen) atoms. The number of sulfonamides is 1. The lowest BCUT2D eigenvalue weighted by Gasteiger charge is -2.34. The summed E-state index contributed by atoms with van der Waals surface area (Å²) in [4.78, 5) is 14.1. The second-order valence-electron chi connectivity index (χ2n) is 6.83. The fourth-order valence-corrected chi connectivity index (χ4v) is 4.90. The molecule has 1 aliphatic heterocycles. The van der Waals surface area contributed by atoms with Gasteiger partial charge in [-0.3, -0.25) is 4.79 Å². The fourth-order valence-electron chi connectivity index (χ4n) is 3.44. The van der Waals surface area contributed by atoms with Crippen LogP contribution in [-0.4, -0.2) is 49.7 Å². The number of hydrogen-bond donors (Lipinski definition) is 0. The topological polar surface area (TPSA) is 57.7 Å². The number of nitrogens with zero attached hydrogens (tertiary/aromatic N) is 2. The van der Waals surface area contributed by atoms with Gasteiger partial charge in [0, 0.05) is 32.2 Å². The molecule has 3 aromatic carbocycles. The lowest BCUT2D eigenvalue weighted by atomic mass is 10.1. The summed E-state index contributed by atoms with van der Waals surface area (Å²) in [6.07, 6.45) is 0. The van der Waals surface area contributed by atoms with Crippen LogP contribution in [0.25, 0.3) is 10.8 Å². The van der Waals surface area contributed by atoms with Crippen LogP contribution >= 0.6 is 0 Å². The number of carbonyl (C=O) groups is 1. The van der Waals surface area contributed by atoms with Crippen molar-refractivity contribution in [3.05, 3.63) is 77.9 Å². The predicted octanol–water partition coefficient (Wildman–Crippen LogP) is 3.26. The molecule has 4 rings (SSSR count). The number of hydrogen-bond acceptors (Lipinski definition) is 3. The van der Waals surface area contributed by atoms with Crippen LogP contribution in [0.15, 0.2) is 65.6 Å². The van der Waals surface area contributed by atoms with E-state index in [2.05, 4.69) is 0 Å². The Labute approximate surface area is 167 Å². The summed E-state index contributed by atoms with van der Waals surface area (Å²) in [7, 11) is -3.71. The minimum Gasteiger partial charge on any atom is -0.336 e. The molecule has 5 nitrogen and oxygen atoms in total. The number of carbonyl (C=O) groups excluding carboxylic acids is 1. The summed E-state index contributed by atoms with van der Waals surface area (Å²) in [6, 6.07) is 15.2. The monoisotopic (exact) mass is 416 g/mol. The molecule has 8 heteroatoms. The van der Waals surface area contributed by atoms with Crippen LogP contribution in [0.3, 0.4) is 0 Å². The van der Waals surface area contributed by atoms with E-state index >= 15 is 0 Å². The standard InChI is InChI=1S/C21H18F2N2O3S/c22-17-6-8-19(20(23)14-17)21(26)24-9-11-25(12-10-24)29(27,28)18-7-5-15-3-1-2-4-16(15)13-18/h1-8,13-14H,9-12H2. The van der Waals surface area contributed by atoms with Crippen molar-refractivity contribution in [2.45, 2.75) is 4.90 Å². The Morgan fingerprint density at radius 3 is 2.21 bits per heavy atom. The molecule has 1 fully saturated rings. The van der Waals surface area contributed by atoms with Gasteiger partial charge in [-0.25, -0.2) is 17.2 Å². The van der Waals surface area contributed by atoms with Crippen molar-refractivity contribution >= 4 is 26.7 Å². The van der Waals surface area contributed by atoms with Crippen LogP contribution in [0, 0.1) is 11.6 Å². The summed E-state index contributed by atoms with van der Waals surface area (Å²) < 4.78 is 54.2. The molecule has 0 N–H and O–H groups in total. The quantitative estimate of drug-likeness (QED) is 0.659. The van der Waals surface area contributed by atoms with Gasteiger partial charge in [-0.15, -0.1) is 0 Å². The van der Waals surface area contributed by atoms with Gasteiger partial charge in [0.15, 0.2) is 0 Å². The van der Waals surface area contributed by atoms with Crippen molar-refractivity contribution in [3.8, 4) is 0 Å². The zero-order chi connectivity index (χ0) is 20.6. The van der Waals surface area contributed by atoms with Gasteiger partial charge in [0.25, 0.3) is 5.91 Å². The zero-order valence-electron chi connectivity index (χ0n) is 15.4. The molecule has 0 radical (unpaired) electrons. The molecule has 1 saturated heterocycles. The van der Waals surface area contributed by atoms with Crippen molar-refractivity contribution in [2.24, 2.45) is 0 Å². The van der Waals surface area contributed by atoms with E-state index in [-0.39, 0.29) is 36.6 Å². The molecule has 0 saturated carbocycles. The van der Waals surface area contributed by atoms with Crippen molar-refractivity contribution < 1.29 is 22.0 Å². The average molecular weight is 416 g/mol. The molecule has 0 spiro atoms. The minimum absolute atomic E-state index is 0.101. The molecule has 0 atom stereocenters. The second-order valence-corrected chi connectivity index (χ2v) is 8.77. The van der Waals surface area contributed by atoms with Gasteiger partial charge in [-0.2, -0.15) is 4.31 Å². The van der Waals surface area contributed by atoms with E-state index in [1.165, 1.54) is 9.21 Å². The maximum Gasteiger partial charge on any atom is 0.256 e. The number of piperazine rings is 1. The maximum absolute atomic E-state index is 13.9. The van der Waals surface area contributed by atoms with Crippen LogP contribution in [-0.2, 0) is 10.0 Å². The van der Waals surface area contributed by atoms with Gasteiger partial charge in [0.2, 0.25) is 10.0 Å². The van der Waals surface area contributed by atoms with Gasteiger partial charge < -0.3 is 4.90 Å². The van der Waals surface area contributed by atoms with Crippen LogP contribution in [0.4, 0.5) is 8.78 Å². The maximum atomic E-state index is 13.9. The highest BCUT2D eigenvalue weighted by atomic mass is 32.2. The van der Waals surface area contributed by atoms with E-state index < -0.39 is 27.6 Å². The van der Waals surface area contributed by atoms with E-state index in [0.717, 1.165) is 22.9 Å². The van der Waals surface area contributed by atoms with Crippen LogP contribution in [0.2, 0.25) is 0 Å². The summed E-state index contributed by atoms with van der Waals surface area (Å²) in [5, 5.41) is 1.78. The van der Waals surface area contributed by atoms with Gasteiger partial charge in [-0.1, -0.05) is 30.3 Å². The molecule has 0 aliphatic carbocycles. The molecule has 3 aromatic rings. The number of fused-ring (bicyclic) bond motifs is 1. The summed E-state index contributed by atoms with van der Waals surface area (Å²) in [6.45, 7) is 0.457. The molecule has 1 heterocycles. The van der Waals surface area contributed by atoms with Gasteiger partial charge in [-0.05, 0) is 35.0 Å². The Hall–Kier alpha value is -2.84. The fraction of sp³-hybridized carbons (Fsp3) is 0.190. The number of benzene rings is 3.